The van der Waals surface area contributed by atoms with E-state index in [0.717, 1.165) is 11.4 Å². The van der Waals surface area contributed by atoms with Crippen LogP contribution in [0.1, 0.15) is 47.5 Å². The summed E-state index contributed by atoms with van der Waals surface area (Å²) in [5.41, 5.74) is 2.80. The molecule has 7 nitrogen and oxygen atoms in total. The molecule has 7 heteroatoms. The fraction of sp³-hybridized carbons (Fsp3) is 0.867. The zero-order valence-corrected chi connectivity index (χ0v) is 14.3. The molecular formula is C15H30N2O5. The number of ether oxygens (including phenoxy) is 2. The first kappa shape index (κ1) is 20.8. The van der Waals surface area contributed by atoms with Crippen molar-refractivity contribution in [1.82, 2.24) is 10.4 Å². The average Bonchev–Trinajstić information content (AvgIpc) is 2.41. The quantitative estimate of drug-likeness (QED) is 0.326. The van der Waals surface area contributed by atoms with Gasteiger partial charge in [-0.3, -0.25) is 0 Å². The first-order valence-electron chi connectivity index (χ1n) is 7.78. The van der Waals surface area contributed by atoms with E-state index in [4.69, 9.17) is 9.47 Å². The van der Waals surface area contributed by atoms with Crippen molar-refractivity contribution in [2.24, 2.45) is 5.92 Å². The van der Waals surface area contributed by atoms with E-state index in [-0.39, 0.29) is 6.42 Å². The van der Waals surface area contributed by atoms with E-state index < -0.39 is 17.9 Å². The number of amides is 1. The van der Waals surface area contributed by atoms with Crippen molar-refractivity contribution in [2.75, 3.05) is 19.8 Å². The molecule has 0 aliphatic carbocycles. The van der Waals surface area contributed by atoms with Crippen molar-refractivity contribution in [3.05, 3.63) is 0 Å². The second-order valence-corrected chi connectivity index (χ2v) is 5.65. The monoisotopic (exact) mass is 318 g/mol. The van der Waals surface area contributed by atoms with Crippen LogP contribution < -0.4 is 5.43 Å². The standard InChI is InChI=1S/C15H30N2O5/c1-6-21-15(5,22-7-2)10-13(11-18)17(14(19)20)16-9-8-12(3)4/h11-13,16H,6-10H2,1-5H3,(H,19,20). The predicted octanol–water partition coefficient (Wildman–Crippen LogP) is 2.26. The summed E-state index contributed by atoms with van der Waals surface area (Å²) < 4.78 is 11.1. The topological polar surface area (TPSA) is 88.1 Å². The van der Waals surface area contributed by atoms with Crippen molar-refractivity contribution in [2.45, 2.75) is 59.3 Å². The SMILES string of the molecule is CCOC(C)(CC(C=O)N(NCCC(C)C)C(=O)O)OCC. The molecular weight excluding hydrogens is 288 g/mol. The van der Waals surface area contributed by atoms with E-state index in [2.05, 4.69) is 5.43 Å². The van der Waals surface area contributed by atoms with Gasteiger partial charge in [-0.25, -0.2) is 15.2 Å². The summed E-state index contributed by atoms with van der Waals surface area (Å²) in [6.07, 6.45) is 0.339. The van der Waals surface area contributed by atoms with Crippen LogP contribution in [0.5, 0.6) is 0 Å². The van der Waals surface area contributed by atoms with Crippen LogP contribution in [0.2, 0.25) is 0 Å². The largest absolute Gasteiger partial charge is 0.464 e. The van der Waals surface area contributed by atoms with Gasteiger partial charge in [0.2, 0.25) is 0 Å². The molecule has 0 heterocycles. The average molecular weight is 318 g/mol. The number of nitrogens with zero attached hydrogens (tertiary/aromatic N) is 1. The highest BCUT2D eigenvalue weighted by molar-refractivity contribution is 5.71. The summed E-state index contributed by atoms with van der Waals surface area (Å²) in [4.78, 5) is 22.8. The van der Waals surface area contributed by atoms with Crippen LogP contribution in [0, 0.1) is 5.92 Å². The molecule has 0 fully saturated rings. The van der Waals surface area contributed by atoms with Gasteiger partial charge in [-0.2, -0.15) is 0 Å². The number of hydrogen-bond acceptors (Lipinski definition) is 5. The van der Waals surface area contributed by atoms with Gasteiger partial charge in [0.05, 0.1) is 0 Å². The summed E-state index contributed by atoms with van der Waals surface area (Å²) >= 11 is 0. The molecule has 0 aromatic rings. The first-order chi connectivity index (χ1) is 10.3. The van der Waals surface area contributed by atoms with Crippen molar-refractivity contribution in [3.8, 4) is 0 Å². The summed E-state index contributed by atoms with van der Waals surface area (Å²) in [5.74, 6) is -0.558. The second-order valence-electron chi connectivity index (χ2n) is 5.65. The van der Waals surface area contributed by atoms with Crippen molar-refractivity contribution >= 4 is 12.4 Å². The molecule has 1 amide bonds. The lowest BCUT2D eigenvalue weighted by atomic mass is 10.1. The van der Waals surface area contributed by atoms with Gasteiger partial charge in [-0.05, 0) is 33.1 Å². The maximum atomic E-state index is 11.4. The lowest BCUT2D eigenvalue weighted by molar-refractivity contribution is -0.230. The van der Waals surface area contributed by atoms with E-state index in [0.29, 0.717) is 32.0 Å². The number of carbonyl (C=O) groups excluding carboxylic acids is 1. The second kappa shape index (κ2) is 10.5. The lowest BCUT2D eigenvalue weighted by Crippen LogP contribution is -2.53. The van der Waals surface area contributed by atoms with Gasteiger partial charge in [0.25, 0.3) is 0 Å². The van der Waals surface area contributed by atoms with Gasteiger partial charge < -0.3 is 19.4 Å². The summed E-state index contributed by atoms with van der Waals surface area (Å²) in [5, 5.41) is 10.3. The third kappa shape index (κ3) is 7.72. The minimum atomic E-state index is -1.20. The molecule has 2 N–H and O–H groups in total. The van der Waals surface area contributed by atoms with Gasteiger partial charge in [0, 0.05) is 26.2 Å². The van der Waals surface area contributed by atoms with E-state index >= 15 is 0 Å². The Kier molecular flexibility index (Phi) is 9.97. The van der Waals surface area contributed by atoms with Crippen LogP contribution in [0.15, 0.2) is 0 Å². The molecule has 0 spiro atoms. The Morgan fingerprint density at radius 2 is 1.86 bits per heavy atom. The maximum absolute atomic E-state index is 11.4. The van der Waals surface area contributed by atoms with E-state index in [1.54, 1.807) is 6.92 Å². The van der Waals surface area contributed by atoms with Gasteiger partial charge in [-0.1, -0.05) is 13.8 Å². The zero-order valence-electron chi connectivity index (χ0n) is 14.3. The van der Waals surface area contributed by atoms with E-state index in [9.17, 15) is 14.7 Å². The Hall–Kier alpha value is -1.18. The number of hydrogen-bond donors (Lipinski definition) is 2. The molecule has 0 bridgehead atoms. The fourth-order valence-corrected chi connectivity index (χ4v) is 2.15. The van der Waals surface area contributed by atoms with Crippen molar-refractivity contribution in [1.29, 1.82) is 0 Å². The van der Waals surface area contributed by atoms with Gasteiger partial charge in [-0.15, -0.1) is 0 Å². The predicted molar refractivity (Wildman–Crippen MR) is 83.4 cm³/mol. The third-order valence-corrected chi connectivity index (χ3v) is 3.18. The Morgan fingerprint density at radius 3 is 2.23 bits per heavy atom. The van der Waals surface area contributed by atoms with Crippen LogP contribution in [0.4, 0.5) is 4.79 Å². The molecule has 1 atom stereocenters. The third-order valence-electron chi connectivity index (χ3n) is 3.18. The summed E-state index contributed by atoms with van der Waals surface area (Å²) in [7, 11) is 0. The number of rotatable bonds is 12. The number of nitrogens with one attached hydrogen (secondary N) is 1. The molecule has 0 rings (SSSR count). The Morgan fingerprint density at radius 1 is 1.32 bits per heavy atom. The molecule has 22 heavy (non-hydrogen) atoms. The molecule has 0 aliphatic heterocycles. The highest BCUT2D eigenvalue weighted by Crippen LogP contribution is 2.21. The number of carbonyl (C=O) groups is 2. The Labute approximate surface area is 132 Å². The van der Waals surface area contributed by atoms with Crippen LogP contribution in [0.3, 0.4) is 0 Å². The molecule has 130 valence electrons. The van der Waals surface area contributed by atoms with Gasteiger partial charge >= 0.3 is 6.09 Å². The molecule has 0 saturated heterocycles. The van der Waals surface area contributed by atoms with Crippen LogP contribution in [-0.4, -0.2) is 54.1 Å². The van der Waals surface area contributed by atoms with Crippen molar-refractivity contribution < 1.29 is 24.2 Å². The van der Waals surface area contributed by atoms with E-state index in [1.165, 1.54) is 0 Å². The minimum absolute atomic E-state index is 0.124. The molecule has 1 unspecified atom stereocenters. The van der Waals surface area contributed by atoms with E-state index in [1.807, 2.05) is 27.7 Å². The van der Waals surface area contributed by atoms with Crippen LogP contribution in [-0.2, 0) is 14.3 Å². The van der Waals surface area contributed by atoms with Crippen LogP contribution in [0.25, 0.3) is 0 Å². The Bertz CT molecular complexity index is 330. The zero-order chi connectivity index (χ0) is 17.2. The summed E-state index contributed by atoms with van der Waals surface area (Å²) in [6, 6.07) is -0.882. The first-order valence-corrected chi connectivity index (χ1v) is 7.78. The fourth-order valence-electron chi connectivity index (χ4n) is 2.15. The Balaban J connectivity index is 4.90. The molecule has 0 aliphatic rings. The minimum Gasteiger partial charge on any atom is -0.464 e. The number of carboxylic acid groups (broad SMARTS) is 1. The molecule has 0 aromatic carbocycles. The molecule has 0 radical (unpaired) electrons. The van der Waals surface area contributed by atoms with Crippen molar-refractivity contribution in [3.63, 3.8) is 0 Å². The van der Waals surface area contributed by atoms with Gasteiger partial charge in [0.1, 0.15) is 12.3 Å². The lowest BCUT2D eigenvalue weighted by Gasteiger charge is -2.34. The normalized spacial score (nSPS) is 13.2. The smallest absolute Gasteiger partial charge is 0.422 e. The van der Waals surface area contributed by atoms with Crippen LogP contribution >= 0.6 is 0 Å². The number of hydrazine groups is 1. The highest BCUT2D eigenvalue weighted by atomic mass is 16.7. The summed E-state index contributed by atoms with van der Waals surface area (Å²) in [6.45, 7) is 10.8. The number of aldehydes is 1. The maximum Gasteiger partial charge on any atom is 0.422 e. The molecule has 0 aromatic heterocycles. The molecule has 0 saturated carbocycles. The highest BCUT2D eigenvalue weighted by Gasteiger charge is 2.34. The van der Waals surface area contributed by atoms with Gasteiger partial charge in [0.15, 0.2) is 5.79 Å².